The number of thiazole rings is 1. The van der Waals surface area contributed by atoms with Gasteiger partial charge in [-0.3, -0.25) is 0 Å². The Morgan fingerprint density at radius 2 is 2.14 bits per heavy atom. The van der Waals surface area contributed by atoms with Crippen molar-refractivity contribution in [2.45, 2.75) is 46.1 Å². The number of rotatable bonds is 5. The van der Waals surface area contributed by atoms with Crippen molar-refractivity contribution in [2.75, 3.05) is 6.61 Å². The summed E-state index contributed by atoms with van der Waals surface area (Å²) < 4.78 is 5.65. The van der Waals surface area contributed by atoms with E-state index in [-0.39, 0.29) is 5.60 Å². The molecule has 1 heterocycles. The number of hydrogen-bond acceptors (Lipinski definition) is 3. The van der Waals surface area contributed by atoms with E-state index in [1.54, 1.807) is 11.3 Å². The van der Waals surface area contributed by atoms with Gasteiger partial charge in [0.1, 0.15) is 10.6 Å². The van der Waals surface area contributed by atoms with E-state index in [0.717, 1.165) is 24.5 Å². The van der Waals surface area contributed by atoms with E-state index in [0.29, 0.717) is 0 Å². The predicted molar refractivity (Wildman–Crippen MR) is 60.8 cm³/mol. The Morgan fingerprint density at radius 1 is 1.43 bits per heavy atom. The molecule has 0 aliphatic carbocycles. The number of aryl methyl sites for hydroxylation is 1. The van der Waals surface area contributed by atoms with Crippen LogP contribution < -0.4 is 0 Å². The zero-order chi connectivity index (χ0) is 10.6. The first-order chi connectivity index (χ1) is 6.60. The molecular weight excluding hydrogens is 194 g/mol. The van der Waals surface area contributed by atoms with E-state index in [1.165, 1.54) is 5.69 Å². The molecule has 0 bridgehead atoms. The minimum absolute atomic E-state index is 0.231. The number of hydrogen-bond donors (Lipinski definition) is 0. The van der Waals surface area contributed by atoms with Gasteiger partial charge in [-0.25, -0.2) is 4.98 Å². The van der Waals surface area contributed by atoms with E-state index in [2.05, 4.69) is 31.1 Å². The maximum atomic E-state index is 5.65. The molecule has 0 spiro atoms. The molecule has 0 atom stereocenters. The summed E-state index contributed by atoms with van der Waals surface area (Å²) in [5.41, 5.74) is 0.964. The molecule has 0 fully saturated rings. The molecule has 0 unspecified atom stereocenters. The minimum Gasteiger partial charge on any atom is -0.369 e. The van der Waals surface area contributed by atoms with E-state index >= 15 is 0 Å². The molecule has 0 radical (unpaired) electrons. The summed E-state index contributed by atoms with van der Waals surface area (Å²) in [5.74, 6) is 0. The first kappa shape index (κ1) is 11.7. The second-order valence-corrected chi connectivity index (χ2v) is 4.70. The van der Waals surface area contributed by atoms with Gasteiger partial charge in [-0.05, 0) is 27.2 Å². The zero-order valence-corrected chi connectivity index (χ0v) is 10.3. The SMILES string of the molecule is CCCc1csc(C(C)(C)OCC)n1. The Labute approximate surface area is 90.3 Å². The Balaban J connectivity index is 2.74. The third-order valence-electron chi connectivity index (χ3n) is 2.08. The molecule has 0 amide bonds. The smallest absolute Gasteiger partial charge is 0.124 e. The van der Waals surface area contributed by atoms with E-state index < -0.39 is 0 Å². The van der Waals surface area contributed by atoms with Crippen LogP contribution in [0.15, 0.2) is 5.38 Å². The second kappa shape index (κ2) is 4.89. The fourth-order valence-electron chi connectivity index (χ4n) is 1.38. The molecular formula is C11H19NOS. The number of aromatic nitrogens is 1. The van der Waals surface area contributed by atoms with Crippen molar-refractivity contribution in [2.24, 2.45) is 0 Å². The van der Waals surface area contributed by atoms with Crippen LogP contribution in [0.25, 0.3) is 0 Å². The van der Waals surface area contributed by atoms with Crippen molar-refractivity contribution in [1.29, 1.82) is 0 Å². The summed E-state index contributed by atoms with van der Waals surface area (Å²) in [6, 6.07) is 0. The highest BCUT2D eigenvalue weighted by Crippen LogP contribution is 2.27. The summed E-state index contributed by atoms with van der Waals surface area (Å²) in [6.45, 7) is 9.07. The van der Waals surface area contributed by atoms with Crippen molar-refractivity contribution in [3.05, 3.63) is 16.1 Å². The maximum Gasteiger partial charge on any atom is 0.124 e. The van der Waals surface area contributed by atoms with Gasteiger partial charge in [0.25, 0.3) is 0 Å². The molecule has 14 heavy (non-hydrogen) atoms. The summed E-state index contributed by atoms with van der Waals surface area (Å²) in [7, 11) is 0. The third kappa shape index (κ3) is 2.79. The van der Waals surface area contributed by atoms with Gasteiger partial charge in [0, 0.05) is 12.0 Å². The van der Waals surface area contributed by atoms with Crippen LogP contribution in [0.2, 0.25) is 0 Å². The van der Waals surface area contributed by atoms with Crippen LogP contribution in [0.5, 0.6) is 0 Å². The Morgan fingerprint density at radius 3 is 2.71 bits per heavy atom. The topological polar surface area (TPSA) is 22.1 Å². The molecule has 1 aromatic rings. The predicted octanol–water partition coefficient (Wildman–Crippen LogP) is 3.37. The molecule has 1 aromatic heterocycles. The van der Waals surface area contributed by atoms with Gasteiger partial charge in [-0.1, -0.05) is 13.3 Å². The van der Waals surface area contributed by atoms with Crippen LogP contribution in [0.3, 0.4) is 0 Å². The van der Waals surface area contributed by atoms with Gasteiger partial charge in [-0.2, -0.15) is 0 Å². The highest BCUT2D eigenvalue weighted by molar-refractivity contribution is 7.09. The lowest BCUT2D eigenvalue weighted by molar-refractivity contribution is -0.0142. The van der Waals surface area contributed by atoms with Gasteiger partial charge in [0.15, 0.2) is 0 Å². The molecule has 0 aliphatic rings. The Bertz CT molecular complexity index is 281. The molecule has 0 saturated heterocycles. The van der Waals surface area contributed by atoms with Gasteiger partial charge >= 0.3 is 0 Å². The fraction of sp³-hybridized carbons (Fsp3) is 0.727. The molecule has 1 rings (SSSR count). The van der Waals surface area contributed by atoms with Crippen LogP contribution in [0.1, 0.15) is 44.8 Å². The quantitative estimate of drug-likeness (QED) is 0.748. The third-order valence-corrected chi connectivity index (χ3v) is 3.27. The van der Waals surface area contributed by atoms with Crippen LogP contribution in [0.4, 0.5) is 0 Å². The number of ether oxygens (including phenoxy) is 1. The summed E-state index contributed by atoms with van der Waals surface area (Å²) in [5, 5.41) is 3.22. The van der Waals surface area contributed by atoms with Crippen molar-refractivity contribution >= 4 is 11.3 Å². The van der Waals surface area contributed by atoms with Crippen molar-refractivity contribution in [1.82, 2.24) is 4.98 Å². The first-order valence-electron chi connectivity index (χ1n) is 5.19. The van der Waals surface area contributed by atoms with Gasteiger partial charge < -0.3 is 4.74 Å². The molecule has 2 nitrogen and oxygen atoms in total. The Hall–Kier alpha value is -0.410. The largest absolute Gasteiger partial charge is 0.369 e. The summed E-state index contributed by atoms with van der Waals surface area (Å²) in [6.07, 6.45) is 2.22. The highest BCUT2D eigenvalue weighted by Gasteiger charge is 2.24. The van der Waals surface area contributed by atoms with Crippen molar-refractivity contribution in [3.63, 3.8) is 0 Å². The standard InChI is InChI=1S/C11H19NOS/c1-5-7-9-8-14-10(12-9)11(3,4)13-6-2/h8H,5-7H2,1-4H3. The lowest BCUT2D eigenvalue weighted by atomic mass is 10.1. The molecule has 0 N–H and O–H groups in total. The van der Waals surface area contributed by atoms with E-state index in [1.807, 2.05) is 6.92 Å². The summed E-state index contributed by atoms with van der Waals surface area (Å²) in [4.78, 5) is 4.58. The van der Waals surface area contributed by atoms with Crippen molar-refractivity contribution < 1.29 is 4.74 Å². The lowest BCUT2D eigenvalue weighted by Gasteiger charge is -2.21. The van der Waals surface area contributed by atoms with Crippen LogP contribution >= 0.6 is 11.3 Å². The molecule has 3 heteroatoms. The Kier molecular flexibility index (Phi) is 4.08. The fourth-order valence-corrected chi connectivity index (χ4v) is 2.31. The normalized spacial score (nSPS) is 12.0. The molecule has 0 aromatic carbocycles. The molecule has 0 saturated carbocycles. The first-order valence-corrected chi connectivity index (χ1v) is 6.07. The van der Waals surface area contributed by atoms with E-state index in [9.17, 15) is 0 Å². The monoisotopic (exact) mass is 213 g/mol. The molecule has 0 aliphatic heterocycles. The van der Waals surface area contributed by atoms with Crippen molar-refractivity contribution in [3.8, 4) is 0 Å². The minimum atomic E-state index is -0.231. The summed E-state index contributed by atoms with van der Waals surface area (Å²) >= 11 is 1.70. The van der Waals surface area contributed by atoms with Gasteiger partial charge in [0.2, 0.25) is 0 Å². The zero-order valence-electron chi connectivity index (χ0n) is 9.46. The lowest BCUT2D eigenvalue weighted by Crippen LogP contribution is -2.21. The molecule has 80 valence electrons. The average molecular weight is 213 g/mol. The van der Waals surface area contributed by atoms with Gasteiger partial charge in [-0.15, -0.1) is 11.3 Å². The maximum absolute atomic E-state index is 5.65. The second-order valence-electron chi connectivity index (χ2n) is 3.84. The van der Waals surface area contributed by atoms with Crippen LogP contribution in [-0.4, -0.2) is 11.6 Å². The number of nitrogens with zero attached hydrogens (tertiary/aromatic N) is 1. The van der Waals surface area contributed by atoms with Crippen LogP contribution in [0, 0.1) is 0 Å². The highest BCUT2D eigenvalue weighted by atomic mass is 32.1. The average Bonchev–Trinajstić information content (AvgIpc) is 2.54. The van der Waals surface area contributed by atoms with Gasteiger partial charge in [0.05, 0.1) is 5.69 Å². The van der Waals surface area contributed by atoms with Crippen LogP contribution in [-0.2, 0) is 16.8 Å². The van der Waals surface area contributed by atoms with E-state index in [4.69, 9.17) is 4.74 Å².